The topological polar surface area (TPSA) is 49.3 Å². The summed E-state index contributed by atoms with van der Waals surface area (Å²) in [7, 11) is 1.67. The summed E-state index contributed by atoms with van der Waals surface area (Å²) in [4.78, 5) is 9.91. The zero-order chi connectivity index (χ0) is 19.8. The summed E-state index contributed by atoms with van der Waals surface area (Å²) >= 11 is 0. The minimum Gasteiger partial charge on any atom is -0.493 e. The van der Waals surface area contributed by atoms with Crippen LogP contribution in [0.2, 0.25) is 0 Å². The maximum atomic E-state index is 6.05. The lowest BCUT2D eigenvalue weighted by Crippen LogP contribution is -2.41. The van der Waals surface area contributed by atoms with Crippen molar-refractivity contribution >= 4 is 29.9 Å². The molecule has 0 amide bonds. The zero-order valence-electron chi connectivity index (χ0n) is 18.1. The third-order valence-electron chi connectivity index (χ3n) is 5.53. The Morgan fingerprint density at radius 1 is 1.21 bits per heavy atom. The van der Waals surface area contributed by atoms with E-state index in [1.54, 1.807) is 7.11 Å². The molecule has 0 saturated carbocycles. The van der Waals surface area contributed by atoms with Gasteiger partial charge in [0.05, 0.1) is 13.7 Å². The SMILES string of the molecule is CCNC(=NCC(C)Oc1ccccc1OC)N1CCC(CN2CCCC2)C1.I. The molecule has 0 radical (unpaired) electrons. The summed E-state index contributed by atoms with van der Waals surface area (Å²) in [5, 5.41) is 3.46. The number of guanidine groups is 1. The Hall–Kier alpha value is -1.22. The Bertz CT molecular complexity index is 637. The van der Waals surface area contributed by atoms with Gasteiger partial charge in [-0.2, -0.15) is 0 Å². The number of hydrogen-bond donors (Lipinski definition) is 1. The molecule has 1 aromatic carbocycles. The third kappa shape index (κ3) is 7.20. The predicted octanol–water partition coefficient (Wildman–Crippen LogP) is 3.46. The molecule has 164 valence electrons. The fourth-order valence-electron chi connectivity index (χ4n) is 4.12. The van der Waals surface area contributed by atoms with Crippen LogP contribution in [0.5, 0.6) is 11.5 Å². The van der Waals surface area contributed by atoms with E-state index >= 15 is 0 Å². The average molecular weight is 516 g/mol. The minimum atomic E-state index is -0.0204. The molecule has 3 rings (SSSR count). The number of aliphatic imine (C=N–C) groups is 1. The molecule has 2 unspecified atom stereocenters. The molecule has 0 aliphatic carbocycles. The molecule has 0 bridgehead atoms. The van der Waals surface area contributed by atoms with Crippen molar-refractivity contribution < 1.29 is 9.47 Å². The maximum absolute atomic E-state index is 6.05. The number of hydrogen-bond acceptors (Lipinski definition) is 4. The van der Waals surface area contributed by atoms with Gasteiger partial charge in [-0.15, -0.1) is 24.0 Å². The lowest BCUT2D eigenvalue weighted by molar-refractivity contribution is 0.219. The Kier molecular flexibility index (Phi) is 10.3. The first-order valence-corrected chi connectivity index (χ1v) is 10.7. The van der Waals surface area contributed by atoms with Crippen molar-refractivity contribution in [2.24, 2.45) is 10.9 Å². The highest BCUT2D eigenvalue weighted by molar-refractivity contribution is 14.0. The van der Waals surface area contributed by atoms with Crippen LogP contribution < -0.4 is 14.8 Å². The maximum Gasteiger partial charge on any atom is 0.194 e. The molecule has 2 heterocycles. The van der Waals surface area contributed by atoms with E-state index in [0.717, 1.165) is 43.0 Å². The number of nitrogens with zero attached hydrogens (tertiary/aromatic N) is 3. The molecule has 29 heavy (non-hydrogen) atoms. The number of methoxy groups -OCH3 is 1. The van der Waals surface area contributed by atoms with E-state index in [2.05, 4.69) is 29.0 Å². The summed E-state index contributed by atoms with van der Waals surface area (Å²) in [6, 6.07) is 7.76. The molecule has 2 aliphatic heterocycles. The number of para-hydroxylation sites is 2. The van der Waals surface area contributed by atoms with Crippen LogP contribution in [0.25, 0.3) is 0 Å². The van der Waals surface area contributed by atoms with Crippen molar-refractivity contribution in [1.82, 2.24) is 15.1 Å². The molecule has 0 spiro atoms. The smallest absolute Gasteiger partial charge is 0.194 e. The van der Waals surface area contributed by atoms with E-state index in [4.69, 9.17) is 14.5 Å². The van der Waals surface area contributed by atoms with E-state index in [-0.39, 0.29) is 30.1 Å². The van der Waals surface area contributed by atoms with Gasteiger partial charge in [0, 0.05) is 26.2 Å². The van der Waals surface area contributed by atoms with Crippen molar-refractivity contribution in [2.45, 2.75) is 39.2 Å². The van der Waals surface area contributed by atoms with Gasteiger partial charge in [0.2, 0.25) is 0 Å². The highest BCUT2D eigenvalue weighted by Crippen LogP contribution is 2.27. The molecule has 1 aromatic rings. The van der Waals surface area contributed by atoms with Gasteiger partial charge in [0.15, 0.2) is 17.5 Å². The van der Waals surface area contributed by atoms with Crippen molar-refractivity contribution in [3.8, 4) is 11.5 Å². The predicted molar refractivity (Wildman–Crippen MR) is 130 cm³/mol. The van der Waals surface area contributed by atoms with E-state index in [9.17, 15) is 0 Å². The lowest BCUT2D eigenvalue weighted by atomic mass is 10.1. The van der Waals surface area contributed by atoms with Gasteiger partial charge in [-0.05, 0) is 64.3 Å². The summed E-state index contributed by atoms with van der Waals surface area (Å²) in [6.45, 7) is 11.7. The van der Waals surface area contributed by atoms with Crippen LogP contribution in [0.15, 0.2) is 29.3 Å². The fraction of sp³-hybridized carbons (Fsp3) is 0.682. The largest absolute Gasteiger partial charge is 0.493 e. The van der Waals surface area contributed by atoms with Gasteiger partial charge in [-0.3, -0.25) is 0 Å². The molecule has 2 atom stereocenters. The van der Waals surface area contributed by atoms with Crippen LogP contribution in [0.1, 0.15) is 33.1 Å². The number of nitrogens with one attached hydrogen (secondary N) is 1. The number of benzene rings is 1. The van der Waals surface area contributed by atoms with Crippen molar-refractivity contribution in [2.75, 3.05) is 52.9 Å². The first-order valence-electron chi connectivity index (χ1n) is 10.7. The lowest BCUT2D eigenvalue weighted by Gasteiger charge is -2.24. The quantitative estimate of drug-likeness (QED) is 0.326. The average Bonchev–Trinajstić information content (AvgIpc) is 3.38. The number of rotatable bonds is 8. The first kappa shape index (κ1) is 24.1. The first-order chi connectivity index (χ1) is 13.7. The third-order valence-corrected chi connectivity index (χ3v) is 5.53. The minimum absolute atomic E-state index is 0. The van der Waals surface area contributed by atoms with Gasteiger partial charge in [-0.1, -0.05) is 12.1 Å². The second kappa shape index (κ2) is 12.5. The Morgan fingerprint density at radius 2 is 1.93 bits per heavy atom. The van der Waals surface area contributed by atoms with E-state index in [1.807, 2.05) is 24.3 Å². The fourth-order valence-corrected chi connectivity index (χ4v) is 4.12. The van der Waals surface area contributed by atoms with E-state index < -0.39 is 0 Å². The molecule has 2 aliphatic rings. The molecular weight excluding hydrogens is 479 g/mol. The molecular formula is C22H37IN4O2. The normalized spacial score (nSPS) is 21.0. The Morgan fingerprint density at radius 3 is 2.62 bits per heavy atom. The molecule has 0 aromatic heterocycles. The standard InChI is InChI=1S/C22H36N4O2.HI/c1-4-23-22(26-14-11-19(17-26)16-25-12-7-8-13-25)24-15-18(2)28-21-10-6-5-9-20(21)27-3;/h5-6,9-10,18-19H,4,7-8,11-17H2,1-3H3,(H,23,24);1H. The molecule has 7 heteroatoms. The molecule has 2 saturated heterocycles. The Labute approximate surface area is 193 Å². The Balaban J connectivity index is 0.00000300. The van der Waals surface area contributed by atoms with Crippen LogP contribution in [0.3, 0.4) is 0 Å². The second-order valence-corrected chi connectivity index (χ2v) is 7.88. The summed E-state index contributed by atoms with van der Waals surface area (Å²) in [6.07, 6.45) is 3.97. The zero-order valence-corrected chi connectivity index (χ0v) is 20.4. The highest BCUT2D eigenvalue weighted by Gasteiger charge is 2.27. The number of likely N-dealkylation sites (tertiary alicyclic amines) is 2. The summed E-state index contributed by atoms with van der Waals surface area (Å²) in [5.41, 5.74) is 0. The van der Waals surface area contributed by atoms with Gasteiger partial charge in [0.1, 0.15) is 6.10 Å². The van der Waals surface area contributed by atoms with Crippen LogP contribution in [0.4, 0.5) is 0 Å². The van der Waals surface area contributed by atoms with Crippen LogP contribution in [-0.2, 0) is 0 Å². The van der Waals surface area contributed by atoms with Crippen molar-refractivity contribution in [1.29, 1.82) is 0 Å². The van der Waals surface area contributed by atoms with E-state index in [0.29, 0.717) is 6.54 Å². The van der Waals surface area contributed by atoms with Crippen LogP contribution >= 0.6 is 24.0 Å². The number of ether oxygens (including phenoxy) is 2. The van der Waals surface area contributed by atoms with E-state index in [1.165, 1.54) is 38.9 Å². The molecule has 2 fully saturated rings. The highest BCUT2D eigenvalue weighted by atomic mass is 127. The number of halogens is 1. The molecule has 6 nitrogen and oxygen atoms in total. The van der Waals surface area contributed by atoms with Gasteiger partial charge in [0.25, 0.3) is 0 Å². The van der Waals surface area contributed by atoms with Gasteiger partial charge in [-0.25, -0.2) is 4.99 Å². The van der Waals surface area contributed by atoms with Crippen LogP contribution in [-0.4, -0.2) is 74.8 Å². The second-order valence-electron chi connectivity index (χ2n) is 7.88. The van der Waals surface area contributed by atoms with Gasteiger partial charge < -0.3 is 24.6 Å². The molecule has 1 N–H and O–H groups in total. The van der Waals surface area contributed by atoms with Crippen molar-refractivity contribution in [3.05, 3.63) is 24.3 Å². The van der Waals surface area contributed by atoms with Crippen molar-refractivity contribution in [3.63, 3.8) is 0 Å². The summed E-state index contributed by atoms with van der Waals surface area (Å²) < 4.78 is 11.4. The summed E-state index contributed by atoms with van der Waals surface area (Å²) in [5.74, 6) is 3.30. The van der Waals surface area contributed by atoms with Crippen LogP contribution in [0, 0.1) is 5.92 Å². The monoisotopic (exact) mass is 516 g/mol. The van der Waals surface area contributed by atoms with Gasteiger partial charge >= 0.3 is 0 Å².